The first-order valence-corrected chi connectivity index (χ1v) is 5.77. The summed E-state index contributed by atoms with van der Waals surface area (Å²) in [5, 5.41) is 2.89. The number of para-hydroxylation sites is 1. The molecule has 3 heteroatoms. The van der Waals surface area contributed by atoms with Crippen molar-refractivity contribution in [3.8, 4) is 0 Å². The highest BCUT2D eigenvalue weighted by molar-refractivity contribution is 6.55. The summed E-state index contributed by atoms with van der Waals surface area (Å²) in [7, 11) is 0.967. The van der Waals surface area contributed by atoms with Crippen molar-refractivity contribution in [2.24, 2.45) is 0 Å². The van der Waals surface area contributed by atoms with Crippen molar-refractivity contribution in [2.75, 3.05) is 0 Å². The lowest BCUT2D eigenvalue weighted by atomic mass is 9.73. The molecule has 1 heterocycles. The number of halogens is 1. The predicted octanol–water partition coefficient (Wildman–Crippen LogP) is 3.35. The van der Waals surface area contributed by atoms with Gasteiger partial charge in [0.05, 0.1) is 5.02 Å². The average molecular weight is 228 g/mol. The summed E-state index contributed by atoms with van der Waals surface area (Å²) >= 11 is 6.21. The van der Waals surface area contributed by atoms with E-state index < -0.39 is 0 Å². The maximum atomic E-state index is 6.21. The van der Waals surface area contributed by atoms with Crippen LogP contribution in [0.5, 0.6) is 0 Å². The average Bonchev–Trinajstić information content (AvgIpc) is 2.68. The smallest absolute Gasteiger partial charge is 0.159 e. The van der Waals surface area contributed by atoms with Crippen LogP contribution >= 0.6 is 11.6 Å². The Labute approximate surface area is 99.2 Å². The van der Waals surface area contributed by atoms with Gasteiger partial charge in [0.2, 0.25) is 0 Å². The highest BCUT2D eigenvalue weighted by atomic mass is 35.5. The van der Waals surface area contributed by atoms with Crippen LogP contribution in [-0.4, -0.2) is 7.28 Å². The van der Waals surface area contributed by atoms with E-state index in [9.17, 15) is 0 Å². The SMILES string of the molecule is CBc1cccc2c1oc1cccc(Cl)c12. The molecule has 16 heavy (non-hydrogen) atoms. The molecule has 1 aromatic heterocycles. The summed E-state index contributed by atoms with van der Waals surface area (Å²) in [5.74, 6) is 0. The van der Waals surface area contributed by atoms with Crippen LogP contribution in [0.3, 0.4) is 0 Å². The lowest BCUT2D eigenvalue weighted by Crippen LogP contribution is -2.09. The van der Waals surface area contributed by atoms with Gasteiger partial charge in [-0.1, -0.05) is 42.7 Å². The molecule has 78 valence electrons. The number of fused-ring (bicyclic) bond motifs is 3. The minimum absolute atomic E-state index is 0.754. The molecule has 0 aliphatic heterocycles. The summed E-state index contributed by atoms with van der Waals surface area (Å²) in [5.41, 5.74) is 3.06. The molecule has 0 saturated heterocycles. The monoisotopic (exact) mass is 228 g/mol. The second-order valence-corrected chi connectivity index (χ2v) is 4.27. The van der Waals surface area contributed by atoms with Gasteiger partial charge in [-0.25, -0.2) is 0 Å². The Bertz CT molecular complexity index is 672. The Hall–Kier alpha value is -1.41. The minimum Gasteiger partial charge on any atom is -0.457 e. The first kappa shape index (κ1) is 9.80. The van der Waals surface area contributed by atoms with Gasteiger partial charge in [-0.3, -0.25) is 0 Å². The zero-order valence-corrected chi connectivity index (χ0v) is 9.71. The quantitative estimate of drug-likeness (QED) is 0.582. The highest BCUT2D eigenvalue weighted by Gasteiger charge is 2.11. The van der Waals surface area contributed by atoms with E-state index in [1.54, 1.807) is 0 Å². The highest BCUT2D eigenvalue weighted by Crippen LogP contribution is 2.32. The molecule has 0 atom stereocenters. The van der Waals surface area contributed by atoms with Crippen LogP contribution in [0.25, 0.3) is 21.9 Å². The molecule has 2 aromatic carbocycles. The third kappa shape index (κ3) is 1.26. The molecule has 3 aromatic rings. The van der Waals surface area contributed by atoms with E-state index in [-0.39, 0.29) is 0 Å². The van der Waals surface area contributed by atoms with Gasteiger partial charge in [0.25, 0.3) is 0 Å². The Morgan fingerprint density at radius 1 is 1.12 bits per heavy atom. The van der Waals surface area contributed by atoms with Crippen molar-refractivity contribution in [3.63, 3.8) is 0 Å². The van der Waals surface area contributed by atoms with Crippen molar-refractivity contribution in [1.29, 1.82) is 0 Å². The zero-order chi connectivity index (χ0) is 11.1. The Kier molecular flexibility index (Phi) is 2.18. The van der Waals surface area contributed by atoms with Crippen LogP contribution in [0.4, 0.5) is 0 Å². The topological polar surface area (TPSA) is 13.1 Å². The van der Waals surface area contributed by atoms with E-state index in [0.29, 0.717) is 0 Å². The largest absolute Gasteiger partial charge is 0.457 e. The van der Waals surface area contributed by atoms with E-state index in [4.69, 9.17) is 16.0 Å². The van der Waals surface area contributed by atoms with Crippen LogP contribution in [0.1, 0.15) is 0 Å². The summed E-state index contributed by atoms with van der Waals surface area (Å²) in [6.45, 7) is 2.13. The van der Waals surface area contributed by atoms with Crippen LogP contribution in [0, 0.1) is 0 Å². The summed E-state index contributed by atoms with van der Waals surface area (Å²) in [4.78, 5) is 0. The molecule has 0 bridgehead atoms. The molecule has 0 unspecified atom stereocenters. The number of benzene rings is 2. The van der Waals surface area contributed by atoms with Crippen molar-refractivity contribution >= 4 is 46.3 Å². The van der Waals surface area contributed by atoms with Crippen LogP contribution in [-0.2, 0) is 0 Å². The third-order valence-electron chi connectivity index (χ3n) is 2.93. The molecule has 1 nitrogen and oxygen atoms in total. The maximum Gasteiger partial charge on any atom is 0.159 e. The number of rotatable bonds is 1. The Morgan fingerprint density at radius 2 is 1.94 bits per heavy atom. The van der Waals surface area contributed by atoms with E-state index in [1.807, 2.05) is 18.2 Å². The van der Waals surface area contributed by atoms with Crippen molar-refractivity contribution in [3.05, 3.63) is 41.4 Å². The summed E-state index contributed by atoms with van der Waals surface area (Å²) in [6.07, 6.45) is 0. The lowest BCUT2D eigenvalue weighted by molar-refractivity contribution is 0.671. The molecule has 0 amide bonds. The second kappa shape index (κ2) is 3.57. The van der Waals surface area contributed by atoms with Gasteiger partial charge in [-0.15, -0.1) is 0 Å². The van der Waals surface area contributed by atoms with E-state index >= 15 is 0 Å². The summed E-state index contributed by atoms with van der Waals surface area (Å²) < 4.78 is 5.87. The van der Waals surface area contributed by atoms with Crippen molar-refractivity contribution in [1.82, 2.24) is 0 Å². The van der Waals surface area contributed by atoms with E-state index in [2.05, 4.69) is 25.0 Å². The third-order valence-corrected chi connectivity index (χ3v) is 3.25. The predicted molar refractivity (Wildman–Crippen MR) is 71.4 cm³/mol. The maximum absolute atomic E-state index is 6.21. The molecule has 0 aliphatic rings. The summed E-state index contributed by atoms with van der Waals surface area (Å²) in [6, 6.07) is 12.0. The fraction of sp³-hybridized carbons (Fsp3) is 0.0769. The van der Waals surface area contributed by atoms with Crippen LogP contribution in [0.15, 0.2) is 40.8 Å². The molecule has 0 fully saturated rings. The van der Waals surface area contributed by atoms with E-state index in [1.165, 1.54) is 5.46 Å². The van der Waals surface area contributed by atoms with Gasteiger partial charge in [0, 0.05) is 10.8 Å². The first-order valence-electron chi connectivity index (χ1n) is 5.40. The first-order chi connectivity index (χ1) is 7.81. The molecular formula is C13H10BClO. The number of hydrogen-bond acceptors (Lipinski definition) is 1. The van der Waals surface area contributed by atoms with Crippen molar-refractivity contribution < 1.29 is 4.42 Å². The Balaban J connectivity index is 2.56. The van der Waals surface area contributed by atoms with Crippen LogP contribution < -0.4 is 5.46 Å². The van der Waals surface area contributed by atoms with Crippen molar-refractivity contribution in [2.45, 2.75) is 6.82 Å². The van der Waals surface area contributed by atoms with Gasteiger partial charge in [0.15, 0.2) is 7.28 Å². The molecule has 0 spiro atoms. The van der Waals surface area contributed by atoms with Gasteiger partial charge in [-0.2, -0.15) is 0 Å². The number of furan rings is 1. The van der Waals surface area contributed by atoms with Gasteiger partial charge in [-0.05, 0) is 17.6 Å². The molecule has 0 aliphatic carbocycles. The normalized spacial score (nSPS) is 11.1. The van der Waals surface area contributed by atoms with Gasteiger partial charge < -0.3 is 4.42 Å². The standard InChI is InChI=1S/C13H10BClO/c1-14-9-5-2-4-8-12-10(15)6-3-7-11(12)16-13(8)9/h2-7,14H,1H3. The minimum atomic E-state index is 0.754. The van der Waals surface area contributed by atoms with Gasteiger partial charge >= 0.3 is 0 Å². The van der Waals surface area contributed by atoms with E-state index in [0.717, 1.165) is 34.2 Å². The second-order valence-electron chi connectivity index (χ2n) is 3.86. The van der Waals surface area contributed by atoms with Gasteiger partial charge in [0.1, 0.15) is 11.2 Å². The van der Waals surface area contributed by atoms with Crippen LogP contribution in [0.2, 0.25) is 11.8 Å². The molecule has 3 rings (SSSR count). The molecule has 0 radical (unpaired) electrons. The lowest BCUT2D eigenvalue weighted by Gasteiger charge is -1.95. The Morgan fingerprint density at radius 3 is 2.75 bits per heavy atom. The fourth-order valence-corrected chi connectivity index (χ4v) is 2.41. The number of hydrogen-bond donors (Lipinski definition) is 0. The molecule has 0 N–H and O–H groups in total. The molecular weight excluding hydrogens is 218 g/mol. The zero-order valence-electron chi connectivity index (χ0n) is 8.96. The fourth-order valence-electron chi connectivity index (χ4n) is 2.14. The molecule has 0 saturated carbocycles.